The van der Waals surface area contributed by atoms with E-state index in [0.29, 0.717) is 56.5 Å². The molecule has 3 heterocycles. The number of benzene rings is 2. The number of likely N-dealkylation sites (N-methyl/N-ethyl adjacent to an activating group) is 2. The van der Waals surface area contributed by atoms with Gasteiger partial charge in [-0.2, -0.15) is 17.9 Å². The highest BCUT2D eigenvalue weighted by atomic mass is 32.2. The molecule has 0 saturated carbocycles. The number of aromatic amines is 1. The molecule has 89 heavy (non-hydrogen) atoms. The number of fused-ring (bicyclic) bond motifs is 1. The van der Waals surface area contributed by atoms with Gasteiger partial charge in [-0.05, 0) is 88.2 Å². The van der Waals surface area contributed by atoms with Crippen LogP contribution in [-0.4, -0.2) is 241 Å². The molecule has 1 unspecified atom stereocenters. The number of imidazole rings is 1. The SMILES string of the molecule is CC[C@H](NC(=O)CN1CCN(C)CCN(C)CCN(CC(O)O)CC1)C(=O)N[C@@H](CC)C(=O)NCCNC(=O)CCCOc1cc(C)c(S(=O)(=O)NC(CNC(=O)c2cn(C)c3cc(CNc4ncc[nH]4)ccc3c2=O)C(=O)O)c(C)c1.O=C(O)C(F)(F)F. The molecule has 0 aliphatic carbocycles. The van der Waals surface area contributed by atoms with Crippen LogP contribution in [0, 0.1) is 13.8 Å². The predicted octanol–water partition coefficient (Wildman–Crippen LogP) is -0.742. The maximum absolute atomic E-state index is 13.7. The van der Waals surface area contributed by atoms with E-state index in [1.807, 2.05) is 23.9 Å². The summed E-state index contributed by atoms with van der Waals surface area (Å²) in [5.41, 5.74) is 1.00. The molecule has 2 aromatic heterocycles. The number of aliphatic hydroxyl groups is 2. The summed E-state index contributed by atoms with van der Waals surface area (Å²) < 4.78 is 68.7. The molecule has 12 N–H and O–H groups in total. The summed E-state index contributed by atoms with van der Waals surface area (Å²) in [5.74, 6) is -5.99. The number of carboxylic acid groups (broad SMARTS) is 2. The van der Waals surface area contributed by atoms with Crippen molar-refractivity contribution in [3.63, 3.8) is 0 Å². The predicted molar refractivity (Wildman–Crippen MR) is 320 cm³/mol. The standard InChI is InChI=1S/C54H82N14O13S.C2HF3O2/c1-8-41(62-52(76)42(9-2)61-46(70)33-67-22-20-64(5)18-19-65(6)21-23-68(25-24-67)34-47(71)72)51(75)56-15-14-55-45(69)11-10-26-81-38-27-35(3)49(36(4)28-38)82(79,80)63-43(53(77)78)31-59-50(74)40-32-66(7)44-29-37(12-13-39(44)48(40)73)30-60-54-57-16-17-58-54;3-2(4,5)1(6)7/h12-13,16-17,27-29,32,41-43,47,63,71-72H,8-11,14-15,18-26,30-31,33-34H2,1-7H3,(H,55,69)(H,56,75)(H,59,74)(H,61,70)(H,62,76)(H,77,78)(H2,57,58,60);(H,6,7)/t41-,42-,43?;/m0./s1. The smallest absolute Gasteiger partial charge is 0.490 e. The number of carbonyl (C=O) groups is 7. The van der Waals surface area contributed by atoms with Gasteiger partial charge in [0.1, 0.15) is 29.4 Å². The molecular formula is C56H83F3N14O15S. The summed E-state index contributed by atoms with van der Waals surface area (Å²) >= 11 is 0. The number of carboxylic acids is 2. The average molecular weight is 1280 g/mol. The lowest BCUT2D eigenvalue weighted by Gasteiger charge is -2.32. The maximum atomic E-state index is 13.7. The minimum absolute atomic E-state index is 0.0214. The van der Waals surface area contributed by atoms with Gasteiger partial charge in [0.05, 0.1) is 23.6 Å². The van der Waals surface area contributed by atoms with Gasteiger partial charge in [-0.25, -0.2) is 18.2 Å². The number of hydrogen-bond acceptors (Lipinski definition) is 19. The number of nitrogens with one attached hydrogen (secondary N) is 8. The monoisotopic (exact) mass is 1280 g/mol. The number of aliphatic carboxylic acids is 2. The van der Waals surface area contributed by atoms with E-state index in [-0.39, 0.29) is 97.3 Å². The number of aromatic nitrogens is 3. The molecule has 0 radical (unpaired) electrons. The molecule has 5 amide bonds. The highest BCUT2D eigenvalue weighted by Crippen LogP contribution is 2.26. The van der Waals surface area contributed by atoms with Gasteiger partial charge < -0.3 is 76.4 Å². The van der Waals surface area contributed by atoms with E-state index in [1.165, 1.54) is 32.2 Å². The Morgan fingerprint density at radius 1 is 0.775 bits per heavy atom. The number of carbonyl (C=O) groups excluding carboxylic acids is 5. The Hall–Kier alpha value is -7.79. The van der Waals surface area contributed by atoms with Crippen molar-refractivity contribution in [1.82, 2.24) is 65.4 Å². The molecule has 0 bridgehead atoms. The third-order valence-corrected chi connectivity index (χ3v) is 15.9. The summed E-state index contributed by atoms with van der Waals surface area (Å²) in [4.78, 5) is 116. The summed E-state index contributed by atoms with van der Waals surface area (Å²) in [6.45, 7) is 11.9. The Balaban J connectivity index is 0.00000227. The zero-order chi connectivity index (χ0) is 66.2. The summed E-state index contributed by atoms with van der Waals surface area (Å²) in [5, 5.41) is 53.2. The van der Waals surface area contributed by atoms with Gasteiger partial charge in [0.2, 0.25) is 39.1 Å². The Morgan fingerprint density at radius 3 is 1.94 bits per heavy atom. The van der Waals surface area contributed by atoms with Crippen LogP contribution in [0.5, 0.6) is 5.75 Å². The molecule has 29 nitrogen and oxygen atoms in total. The fourth-order valence-electron chi connectivity index (χ4n) is 9.19. The Labute approximate surface area is 513 Å². The van der Waals surface area contributed by atoms with Crippen molar-refractivity contribution in [2.45, 2.75) is 95.4 Å². The Kier molecular flexibility index (Phi) is 29.3. The number of amides is 5. The molecule has 1 saturated heterocycles. The third-order valence-electron chi connectivity index (χ3n) is 14.1. The maximum Gasteiger partial charge on any atom is 0.490 e. The molecule has 3 atom stereocenters. The number of pyridine rings is 1. The van der Waals surface area contributed by atoms with Crippen molar-refractivity contribution in [2.24, 2.45) is 7.05 Å². The second-order valence-electron chi connectivity index (χ2n) is 21.3. The highest BCUT2D eigenvalue weighted by molar-refractivity contribution is 7.89. The largest absolute Gasteiger partial charge is 0.494 e. The van der Waals surface area contributed by atoms with Gasteiger partial charge in [-0.1, -0.05) is 19.9 Å². The molecule has 0 spiro atoms. The third kappa shape index (κ3) is 24.6. The number of alkyl halides is 3. The van der Waals surface area contributed by atoms with Crippen LogP contribution in [0.4, 0.5) is 19.1 Å². The number of hydrogen-bond donors (Lipinski definition) is 12. The van der Waals surface area contributed by atoms with Crippen molar-refractivity contribution >= 4 is 68.3 Å². The lowest BCUT2D eigenvalue weighted by molar-refractivity contribution is -0.192. The van der Waals surface area contributed by atoms with E-state index in [1.54, 1.807) is 56.1 Å². The van der Waals surface area contributed by atoms with Gasteiger partial charge in [0.15, 0.2) is 12.2 Å². The minimum Gasteiger partial charge on any atom is -0.494 e. The number of halogens is 3. The second kappa shape index (κ2) is 35.4. The van der Waals surface area contributed by atoms with E-state index in [4.69, 9.17) is 14.6 Å². The van der Waals surface area contributed by atoms with E-state index in [9.17, 15) is 70.5 Å². The Bertz CT molecular complexity index is 3190. The molecule has 4 aromatic rings. The van der Waals surface area contributed by atoms with E-state index in [0.717, 1.165) is 25.2 Å². The average Bonchev–Trinajstić information content (AvgIpc) is 1.31. The summed E-state index contributed by atoms with van der Waals surface area (Å²) in [7, 11) is 1.21. The van der Waals surface area contributed by atoms with Crippen molar-refractivity contribution in [2.75, 3.05) is 111 Å². The minimum atomic E-state index is -5.08. The number of aryl methyl sites for hydroxylation is 3. The van der Waals surface area contributed by atoms with Gasteiger partial charge in [-0.15, -0.1) is 0 Å². The topological polar surface area (TPSA) is 392 Å². The van der Waals surface area contributed by atoms with Gasteiger partial charge >= 0.3 is 18.1 Å². The van der Waals surface area contributed by atoms with Crippen molar-refractivity contribution in [3.05, 3.63) is 81.4 Å². The lowest BCUT2D eigenvalue weighted by Crippen LogP contribution is -2.55. The van der Waals surface area contributed by atoms with Crippen LogP contribution in [0.3, 0.4) is 0 Å². The number of anilines is 1. The first-order valence-corrected chi connectivity index (χ1v) is 30.2. The number of β-amino-alcohol motifs (C(OH)–C–C–N with tert-alkyl or cyclic N) is 2. The zero-order valence-electron chi connectivity index (χ0n) is 50.9. The second-order valence-corrected chi connectivity index (χ2v) is 22.9. The zero-order valence-corrected chi connectivity index (χ0v) is 51.7. The van der Waals surface area contributed by atoms with Gasteiger partial charge in [0, 0.05) is 123 Å². The first-order valence-electron chi connectivity index (χ1n) is 28.7. The van der Waals surface area contributed by atoms with Crippen LogP contribution in [-0.2, 0) is 52.4 Å². The molecule has 2 aromatic carbocycles. The van der Waals surface area contributed by atoms with Crippen LogP contribution in [0.1, 0.15) is 66.6 Å². The Morgan fingerprint density at radius 2 is 1.36 bits per heavy atom. The molecular weight excluding hydrogens is 1200 g/mol. The molecule has 494 valence electrons. The van der Waals surface area contributed by atoms with E-state index in [2.05, 4.69) is 56.4 Å². The molecule has 1 aliphatic rings. The van der Waals surface area contributed by atoms with Gasteiger partial charge in [0.25, 0.3) is 5.91 Å². The molecule has 1 aliphatic heterocycles. The van der Waals surface area contributed by atoms with Crippen molar-refractivity contribution in [3.8, 4) is 5.75 Å². The number of ether oxygens (including phenoxy) is 1. The van der Waals surface area contributed by atoms with Crippen LogP contribution >= 0.6 is 0 Å². The normalized spacial score (nSPS) is 15.2. The highest BCUT2D eigenvalue weighted by Gasteiger charge is 2.38. The van der Waals surface area contributed by atoms with Gasteiger partial charge in [-0.3, -0.25) is 43.4 Å². The van der Waals surface area contributed by atoms with Crippen molar-refractivity contribution < 1.29 is 80.3 Å². The fraction of sp³-hybridized carbons (Fsp3) is 0.554. The van der Waals surface area contributed by atoms with Crippen LogP contribution in [0.25, 0.3) is 10.9 Å². The number of H-pyrrole nitrogens is 1. The van der Waals surface area contributed by atoms with Crippen molar-refractivity contribution in [1.29, 1.82) is 0 Å². The molecule has 1 fully saturated rings. The first-order chi connectivity index (χ1) is 41.9. The quantitative estimate of drug-likeness (QED) is 0.0246. The number of nitrogens with zero attached hydrogens (tertiary/aromatic N) is 6. The van der Waals surface area contributed by atoms with E-state index < -0.39 is 82.2 Å². The van der Waals surface area contributed by atoms with Crippen LogP contribution < -0.4 is 46.8 Å². The lowest BCUT2D eigenvalue weighted by atomic mass is 10.1. The number of rotatable bonds is 28. The summed E-state index contributed by atoms with van der Waals surface area (Å²) in [6, 6.07) is 4.42. The van der Waals surface area contributed by atoms with Crippen LogP contribution in [0.2, 0.25) is 0 Å². The first kappa shape index (κ1) is 73.7. The van der Waals surface area contributed by atoms with E-state index >= 15 is 0 Å². The molecule has 33 heteroatoms. The number of sulfonamides is 1. The number of aliphatic hydroxyl groups excluding tert-OH is 1. The summed E-state index contributed by atoms with van der Waals surface area (Å²) in [6.07, 6.45) is -1.08. The molecule has 5 rings (SSSR count). The fourth-order valence-corrected chi connectivity index (χ4v) is 10.8. The van der Waals surface area contributed by atoms with Crippen LogP contribution in [0.15, 0.2) is 58.6 Å².